The molecule has 2 saturated carbocycles. The molecule has 2 bridgehead atoms. The maximum atomic E-state index is 12.6. The van der Waals surface area contributed by atoms with Gasteiger partial charge in [-0.1, -0.05) is 6.42 Å². The Morgan fingerprint density at radius 2 is 1.64 bits per heavy atom. The summed E-state index contributed by atoms with van der Waals surface area (Å²) in [4.78, 5) is 14.0. The van der Waals surface area contributed by atoms with Crippen molar-refractivity contribution >= 4 is 18.3 Å². The van der Waals surface area contributed by atoms with Crippen molar-refractivity contribution in [3.05, 3.63) is 0 Å². The van der Waals surface area contributed by atoms with Gasteiger partial charge in [-0.2, -0.15) is 13.2 Å². The summed E-state index contributed by atoms with van der Waals surface area (Å²) in [6.45, 7) is -0.0615. The average molecular weight is 384 g/mol. The predicted molar refractivity (Wildman–Crippen MR) is 92.4 cm³/mol. The van der Waals surface area contributed by atoms with Crippen LogP contribution in [0.2, 0.25) is 0 Å². The minimum atomic E-state index is -4.14. The molecule has 2 unspecified atom stereocenters. The molecule has 1 heterocycles. The summed E-state index contributed by atoms with van der Waals surface area (Å²) in [7, 11) is 0. The van der Waals surface area contributed by atoms with Gasteiger partial charge in [0, 0.05) is 31.1 Å². The second-order valence-electron chi connectivity index (χ2n) is 7.87. The van der Waals surface area contributed by atoms with Gasteiger partial charge in [-0.3, -0.25) is 9.69 Å². The third kappa shape index (κ3) is 5.47. The van der Waals surface area contributed by atoms with E-state index in [2.05, 4.69) is 5.32 Å². The van der Waals surface area contributed by atoms with Crippen molar-refractivity contribution in [3.63, 3.8) is 0 Å². The number of halogens is 4. The Hall–Kier alpha value is -0.530. The number of hydrogen-bond acceptors (Lipinski definition) is 3. The normalized spacial score (nSPS) is 34.2. The third-order valence-electron chi connectivity index (χ3n) is 6.12. The summed E-state index contributed by atoms with van der Waals surface area (Å²) >= 11 is 0. The minimum Gasteiger partial charge on any atom is -0.353 e. The van der Waals surface area contributed by atoms with Crippen LogP contribution in [0, 0.1) is 17.8 Å². The van der Waals surface area contributed by atoms with Crippen molar-refractivity contribution in [2.24, 2.45) is 23.5 Å². The van der Waals surface area contributed by atoms with Crippen LogP contribution in [0.15, 0.2) is 0 Å². The van der Waals surface area contributed by atoms with E-state index in [0.717, 1.165) is 25.7 Å². The van der Waals surface area contributed by atoms with Gasteiger partial charge in [-0.15, -0.1) is 12.4 Å². The van der Waals surface area contributed by atoms with E-state index >= 15 is 0 Å². The Kier molecular flexibility index (Phi) is 7.01. The van der Waals surface area contributed by atoms with Crippen LogP contribution in [0.25, 0.3) is 0 Å². The van der Waals surface area contributed by atoms with E-state index in [1.54, 1.807) is 0 Å². The molecule has 2 aliphatic carbocycles. The third-order valence-corrected chi connectivity index (χ3v) is 6.12. The van der Waals surface area contributed by atoms with E-state index in [1.165, 1.54) is 11.3 Å². The molecule has 4 nitrogen and oxygen atoms in total. The first-order valence-electron chi connectivity index (χ1n) is 9.17. The van der Waals surface area contributed by atoms with Gasteiger partial charge >= 0.3 is 6.18 Å². The van der Waals surface area contributed by atoms with E-state index in [9.17, 15) is 18.0 Å². The van der Waals surface area contributed by atoms with Gasteiger partial charge in [-0.25, -0.2) is 0 Å². The molecule has 2 atom stereocenters. The lowest BCUT2D eigenvalue weighted by molar-refractivity contribution is -0.148. The number of rotatable bonds is 3. The highest BCUT2D eigenvalue weighted by Gasteiger charge is 2.41. The van der Waals surface area contributed by atoms with Gasteiger partial charge in [0.25, 0.3) is 0 Å². The number of amides is 1. The number of nitrogens with zero attached hydrogens (tertiary/aromatic N) is 1. The van der Waals surface area contributed by atoms with Gasteiger partial charge in [0.1, 0.15) is 0 Å². The lowest BCUT2D eigenvalue weighted by Gasteiger charge is -2.44. The SMILES string of the molecule is Cl.NC1C2CCCC1CC(C(=O)NC1CCN(CC(F)(F)F)CC1)C2. The maximum absolute atomic E-state index is 12.6. The quantitative estimate of drug-likeness (QED) is 0.787. The van der Waals surface area contributed by atoms with Gasteiger partial charge in [0.2, 0.25) is 5.91 Å². The van der Waals surface area contributed by atoms with E-state index in [-0.39, 0.29) is 36.3 Å². The lowest BCUT2D eigenvalue weighted by atomic mass is 9.65. The van der Waals surface area contributed by atoms with Crippen LogP contribution in [-0.2, 0) is 4.79 Å². The van der Waals surface area contributed by atoms with Crippen molar-refractivity contribution in [1.82, 2.24) is 10.2 Å². The molecule has 3 N–H and O–H groups in total. The molecule has 0 aromatic heterocycles. The highest BCUT2D eigenvalue weighted by atomic mass is 35.5. The van der Waals surface area contributed by atoms with Crippen LogP contribution in [0.1, 0.15) is 44.9 Å². The molecule has 8 heteroatoms. The number of likely N-dealkylation sites (tertiary alicyclic amines) is 1. The number of nitrogens with one attached hydrogen (secondary N) is 1. The Bertz CT molecular complexity index is 441. The number of piperidine rings is 1. The first-order valence-corrected chi connectivity index (χ1v) is 9.17. The van der Waals surface area contributed by atoms with Gasteiger partial charge < -0.3 is 11.1 Å². The molecule has 0 aromatic rings. The number of nitrogens with two attached hydrogens (primary N) is 1. The molecule has 1 aliphatic heterocycles. The molecular weight excluding hydrogens is 355 g/mol. The predicted octanol–water partition coefficient (Wildman–Crippen LogP) is 2.70. The van der Waals surface area contributed by atoms with E-state index < -0.39 is 12.7 Å². The molecule has 25 heavy (non-hydrogen) atoms. The van der Waals surface area contributed by atoms with E-state index in [4.69, 9.17) is 5.73 Å². The van der Waals surface area contributed by atoms with Crippen molar-refractivity contribution < 1.29 is 18.0 Å². The summed E-state index contributed by atoms with van der Waals surface area (Å²) in [6.07, 6.45) is 2.26. The average Bonchev–Trinajstić information content (AvgIpc) is 2.47. The standard InChI is InChI=1S/C17H28F3N3O.ClH/c18-17(19,20)10-23-6-4-14(5-7-23)22-16(24)13-8-11-2-1-3-12(9-13)15(11)21;/h11-15H,1-10,21H2,(H,22,24);1H. The molecule has 1 amide bonds. The number of carbonyl (C=O) groups is 1. The Balaban J connectivity index is 0.00000225. The van der Waals surface area contributed by atoms with Crippen LogP contribution >= 0.6 is 12.4 Å². The molecule has 146 valence electrons. The molecule has 3 aliphatic rings. The smallest absolute Gasteiger partial charge is 0.353 e. The highest BCUT2D eigenvalue weighted by molar-refractivity contribution is 5.85. The summed E-state index contributed by atoms with van der Waals surface area (Å²) in [5.74, 6) is 1.05. The zero-order valence-corrected chi connectivity index (χ0v) is 15.2. The monoisotopic (exact) mass is 383 g/mol. The fourth-order valence-electron chi connectivity index (χ4n) is 4.81. The second-order valence-corrected chi connectivity index (χ2v) is 7.87. The van der Waals surface area contributed by atoms with Crippen molar-refractivity contribution in [1.29, 1.82) is 0 Å². The fourth-order valence-corrected chi connectivity index (χ4v) is 4.81. The number of carbonyl (C=O) groups excluding carboxylic acids is 1. The van der Waals surface area contributed by atoms with Gasteiger partial charge in [0.05, 0.1) is 6.54 Å². The fraction of sp³-hybridized carbons (Fsp3) is 0.941. The van der Waals surface area contributed by atoms with Gasteiger partial charge in [-0.05, 0) is 50.4 Å². The molecule has 0 spiro atoms. The Labute approximate surface area is 153 Å². The van der Waals surface area contributed by atoms with Crippen LogP contribution < -0.4 is 11.1 Å². The van der Waals surface area contributed by atoms with Crippen molar-refractivity contribution in [3.8, 4) is 0 Å². The summed E-state index contributed by atoms with van der Waals surface area (Å²) < 4.78 is 37.2. The van der Waals surface area contributed by atoms with Gasteiger partial charge in [0.15, 0.2) is 0 Å². The molecule has 1 saturated heterocycles. The number of hydrogen-bond donors (Lipinski definition) is 2. The topological polar surface area (TPSA) is 58.4 Å². The largest absolute Gasteiger partial charge is 0.401 e. The number of alkyl halides is 3. The second kappa shape index (κ2) is 8.44. The van der Waals surface area contributed by atoms with Crippen LogP contribution in [0.3, 0.4) is 0 Å². The molecule has 3 fully saturated rings. The van der Waals surface area contributed by atoms with Crippen molar-refractivity contribution in [2.45, 2.75) is 63.2 Å². The van der Waals surface area contributed by atoms with Crippen LogP contribution in [-0.4, -0.2) is 48.7 Å². The zero-order valence-electron chi connectivity index (χ0n) is 14.4. The maximum Gasteiger partial charge on any atom is 0.401 e. The van der Waals surface area contributed by atoms with Crippen LogP contribution in [0.4, 0.5) is 13.2 Å². The summed E-state index contributed by atoms with van der Waals surface area (Å²) in [6, 6.07) is 0.255. The number of fused-ring (bicyclic) bond motifs is 2. The molecular formula is C17H29ClF3N3O. The first-order chi connectivity index (χ1) is 11.3. The Morgan fingerprint density at radius 1 is 1.08 bits per heavy atom. The van der Waals surface area contributed by atoms with Crippen molar-refractivity contribution in [2.75, 3.05) is 19.6 Å². The van der Waals surface area contributed by atoms with E-state index in [1.807, 2.05) is 0 Å². The summed E-state index contributed by atoms with van der Waals surface area (Å²) in [5.41, 5.74) is 6.27. The zero-order chi connectivity index (χ0) is 17.3. The lowest BCUT2D eigenvalue weighted by Crippen LogP contribution is -2.52. The molecule has 0 radical (unpaired) electrons. The van der Waals surface area contributed by atoms with E-state index in [0.29, 0.717) is 37.8 Å². The van der Waals surface area contributed by atoms with Crippen LogP contribution in [0.5, 0.6) is 0 Å². The summed E-state index contributed by atoms with van der Waals surface area (Å²) in [5, 5.41) is 3.09. The highest BCUT2D eigenvalue weighted by Crippen LogP contribution is 2.42. The Morgan fingerprint density at radius 3 is 2.16 bits per heavy atom. The first kappa shape index (κ1) is 20.8. The minimum absolute atomic E-state index is 0. The molecule has 3 rings (SSSR count). The molecule has 0 aromatic carbocycles.